The van der Waals surface area contributed by atoms with Crippen LogP contribution in [0.2, 0.25) is 0 Å². The molecule has 0 unspecified atom stereocenters. The van der Waals surface area contributed by atoms with E-state index in [-0.39, 0.29) is 0 Å². The van der Waals surface area contributed by atoms with Crippen molar-refractivity contribution in [2.75, 3.05) is 0 Å². The Morgan fingerprint density at radius 3 is 0.958 bits per heavy atom. The van der Waals surface area contributed by atoms with Gasteiger partial charge in [-0.3, -0.25) is 0 Å². The van der Waals surface area contributed by atoms with Crippen LogP contribution < -0.4 is 0 Å². The molecule has 2 aromatic carbocycles. The molecule has 2 heteroatoms. The summed E-state index contributed by atoms with van der Waals surface area (Å²) in [5.41, 5.74) is 2.35. The van der Waals surface area contributed by atoms with Crippen LogP contribution in [0.3, 0.4) is 0 Å². The van der Waals surface area contributed by atoms with Crippen molar-refractivity contribution in [3.63, 3.8) is 0 Å². The van der Waals surface area contributed by atoms with E-state index >= 15 is 0 Å². The first-order valence-electron chi connectivity index (χ1n) is 7.06. The molecule has 0 aliphatic carbocycles. The first kappa shape index (κ1) is 22.7. The molecular formula is C22H22N2. The molecule has 2 nitrogen and oxygen atoms in total. The van der Waals surface area contributed by atoms with Gasteiger partial charge < -0.3 is 0 Å². The molecule has 24 heavy (non-hydrogen) atoms. The summed E-state index contributed by atoms with van der Waals surface area (Å²) in [5, 5.41) is 15.0. The molecule has 120 valence electrons. The molecule has 0 saturated carbocycles. The fraction of sp³-hybridized carbons (Fsp3) is 0. The second-order valence-electron chi connectivity index (χ2n) is 3.90. The number of nitrogens with zero attached hydrogens (tertiary/aromatic N) is 2. The van der Waals surface area contributed by atoms with Gasteiger partial charge in [-0.15, -0.1) is 0 Å². The van der Waals surface area contributed by atoms with E-state index in [9.17, 15) is 0 Å². The molecule has 0 aliphatic heterocycles. The monoisotopic (exact) mass is 314 g/mol. The Kier molecular flexibility index (Phi) is 18.3. The summed E-state index contributed by atoms with van der Waals surface area (Å²) >= 11 is 0. The first-order chi connectivity index (χ1) is 11.7. The fourth-order valence-electron chi connectivity index (χ4n) is 1.18. The molecule has 0 spiro atoms. The Balaban J connectivity index is 0. The van der Waals surface area contributed by atoms with E-state index in [2.05, 4.69) is 26.3 Å². The third-order valence-electron chi connectivity index (χ3n) is 2.25. The quantitative estimate of drug-likeness (QED) is 0.633. The number of hydrogen-bond donors (Lipinski definition) is 0. The highest BCUT2D eigenvalue weighted by Gasteiger charge is 1.76. The van der Waals surface area contributed by atoms with Crippen molar-refractivity contribution in [1.29, 1.82) is 10.5 Å². The zero-order chi connectivity index (χ0) is 18.5. The standard InChI is InChI=1S/2C8H8.2C3H3N/c2*1-2-8-6-4-3-5-7-8;2*1-2-3-4/h2*2-7H,1H2;2*2H,1H2. The van der Waals surface area contributed by atoms with E-state index < -0.39 is 0 Å². The Hall–Kier alpha value is -3.62. The minimum atomic E-state index is 1.17. The Bertz CT molecular complexity index is 595. The van der Waals surface area contributed by atoms with Gasteiger partial charge in [0.15, 0.2) is 0 Å². The zero-order valence-corrected chi connectivity index (χ0v) is 13.8. The van der Waals surface area contributed by atoms with Crippen molar-refractivity contribution in [3.8, 4) is 12.1 Å². The summed E-state index contributed by atoms with van der Waals surface area (Å²) < 4.78 is 0. The number of nitriles is 2. The van der Waals surface area contributed by atoms with Crippen LogP contribution in [0.1, 0.15) is 11.1 Å². The minimum Gasteiger partial charge on any atom is -0.193 e. The first-order valence-corrected chi connectivity index (χ1v) is 7.06. The van der Waals surface area contributed by atoms with Crippen LogP contribution in [0.25, 0.3) is 12.2 Å². The topological polar surface area (TPSA) is 47.6 Å². The Morgan fingerprint density at radius 1 is 0.583 bits per heavy atom. The van der Waals surface area contributed by atoms with Crippen molar-refractivity contribution in [2.45, 2.75) is 0 Å². The summed E-state index contributed by atoms with van der Waals surface area (Å²) in [6, 6.07) is 23.4. The average molecular weight is 314 g/mol. The molecule has 0 amide bonds. The van der Waals surface area contributed by atoms with E-state index in [1.54, 1.807) is 12.1 Å². The maximum atomic E-state index is 7.51. The smallest absolute Gasteiger partial charge is 0.0905 e. The van der Waals surface area contributed by atoms with Crippen molar-refractivity contribution >= 4 is 12.2 Å². The van der Waals surface area contributed by atoms with Crippen molar-refractivity contribution < 1.29 is 0 Å². The highest BCUT2D eigenvalue weighted by Crippen LogP contribution is 1.98. The lowest BCUT2D eigenvalue weighted by Gasteiger charge is -1.85. The predicted octanol–water partition coefficient (Wildman–Crippen LogP) is 6.05. The van der Waals surface area contributed by atoms with Gasteiger partial charge in [0.25, 0.3) is 0 Å². The highest BCUT2D eigenvalue weighted by atomic mass is 14.2. The predicted molar refractivity (Wildman–Crippen MR) is 105 cm³/mol. The zero-order valence-electron chi connectivity index (χ0n) is 13.8. The van der Waals surface area contributed by atoms with Crippen LogP contribution in [-0.2, 0) is 0 Å². The lowest BCUT2D eigenvalue weighted by Crippen LogP contribution is -1.63. The van der Waals surface area contributed by atoms with Gasteiger partial charge in [0.05, 0.1) is 12.1 Å². The normalized spacial score (nSPS) is 6.92. The lowest BCUT2D eigenvalue weighted by molar-refractivity contribution is 1.54. The molecule has 0 aliphatic rings. The number of benzene rings is 2. The summed E-state index contributed by atoms with van der Waals surface area (Å²) in [7, 11) is 0. The highest BCUT2D eigenvalue weighted by molar-refractivity contribution is 5.46. The van der Waals surface area contributed by atoms with E-state index in [1.165, 1.54) is 23.3 Å². The second kappa shape index (κ2) is 19.4. The van der Waals surface area contributed by atoms with Gasteiger partial charge in [0, 0.05) is 12.2 Å². The van der Waals surface area contributed by atoms with Gasteiger partial charge in [0.1, 0.15) is 0 Å². The van der Waals surface area contributed by atoms with Crippen molar-refractivity contribution in [3.05, 3.63) is 110 Å². The molecule has 2 rings (SSSR count). The second-order valence-corrected chi connectivity index (χ2v) is 3.90. The molecule has 0 bridgehead atoms. The van der Waals surface area contributed by atoms with Gasteiger partial charge in [0.2, 0.25) is 0 Å². The van der Waals surface area contributed by atoms with Gasteiger partial charge >= 0.3 is 0 Å². The van der Waals surface area contributed by atoms with E-state index in [1.807, 2.05) is 72.8 Å². The number of allylic oxidation sites excluding steroid dienone is 2. The van der Waals surface area contributed by atoms with Gasteiger partial charge in [-0.2, -0.15) is 10.5 Å². The Labute approximate surface area is 145 Å². The SMILES string of the molecule is C=CC#N.C=CC#N.C=Cc1ccccc1.C=Cc1ccccc1. The number of rotatable bonds is 2. The van der Waals surface area contributed by atoms with Gasteiger partial charge in [-0.1, -0.05) is 99.1 Å². The summed E-state index contributed by atoms with van der Waals surface area (Å²) in [6.07, 6.45) is 6.03. The molecule has 0 radical (unpaired) electrons. The van der Waals surface area contributed by atoms with Gasteiger partial charge in [-0.25, -0.2) is 0 Å². The molecule has 2 aromatic rings. The summed E-state index contributed by atoms with van der Waals surface area (Å²) in [5.74, 6) is 0. The van der Waals surface area contributed by atoms with Crippen LogP contribution in [0.4, 0.5) is 0 Å². The van der Waals surface area contributed by atoms with Crippen LogP contribution in [-0.4, -0.2) is 0 Å². The average Bonchev–Trinajstić information content (AvgIpc) is 2.70. The molecular weight excluding hydrogens is 292 g/mol. The summed E-state index contributed by atoms with van der Waals surface area (Å²) in [4.78, 5) is 0. The van der Waals surface area contributed by atoms with Crippen LogP contribution in [0.15, 0.2) is 99.1 Å². The molecule has 0 aromatic heterocycles. The molecule has 0 atom stereocenters. The molecule has 0 fully saturated rings. The van der Waals surface area contributed by atoms with E-state index in [0.717, 1.165) is 0 Å². The maximum Gasteiger partial charge on any atom is 0.0905 e. The Morgan fingerprint density at radius 2 is 0.833 bits per heavy atom. The van der Waals surface area contributed by atoms with E-state index in [0.29, 0.717) is 0 Å². The maximum absolute atomic E-state index is 7.51. The van der Waals surface area contributed by atoms with Crippen LogP contribution in [0.5, 0.6) is 0 Å². The largest absolute Gasteiger partial charge is 0.193 e. The lowest BCUT2D eigenvalue weighted by atomic mass is 10.2. The third kappa shape index (κ3) is 16.4. The molecule has 0 heterocycles. The summed E-state index contributed by atoms with van der Waals surface area (Å²) in [6.45, 7) is 13.5. The van der Waals surface area contributed by atoms with Crippen molar-refractivity contribution in [1.82, 2.24) is 0 Å². The van der Waals surface area contributed by atoms with E-state index in [4.69, 9.17) is 10.5 Å². The third-order valence-corrected chi connectivity index (χ3v) is 2.25. The molecule has 0 saturated heterocycles. The van der Waals surface area contributed by atoms with Gasteiger partial charge in [-0.05, 0) is 11.1 Å². The van der Waals surface area contributed by atoms with Crippen molar-refractivity contribution in [2.24, 2.45) is 0 Å². The number of hydrogen-bond acceptors (Lipinski definition) is 2. The van der Waals surface area contributed by atoms with Crippen LogP contribution >= 0.6 is 0 Å². The minimum absolute atomic E-state index is 1.17. The van der Waals surface area contributed by atoms with Crippen LogP contribution in [0, 0.1) is 22.7 Å². The molecule has 0 N–H and O–H groups in total. The fourth-order valence-corrected chi connectivity index (χ4v) is 1.18.